The Hall–Kier alpha value is -1.26. The standard InChI is InChI=1S/C16H23ClN2O2/c1-12(10-16(20)19-7-5-18-6-8-19)9-13-11-14(17)3-4-15(13)21-2/h3-4,11-12,18H,5-10H2,1-2H3. The molecular formula is C16H23ClN2O2. The summed E-state index contributed by atoms with van der Waals surface area (Å²) in [5, 5.41) is 3.96. The van der Waals surface area contributed by atoms with Gasteiger partial charge in [0.15, 0.2) is 0 Å². The molecule has 5 heteroatoms. The monoisotopic (exact) mass is 310 g/mol. The van der Waals surface area contributed by atoms with E-state index in [2.05, 4.69) is 12.2 Å². The van der Waals surface area contributed by atoms with Crippen LogP contribution in [0.4, 0.5) is 0 Å². The predicted octanol–water partition coefficient (Wildman–Crippen LogP) is 2.35. The second kappa shape index (κ2) is 7.66. The molecule has 0 saturated carbocycles. The number of hydrogen-bond acceptors (Lipinski definition) is 3. The quantitative estimate of drug-likeness (QED) is 0.907. The molecule has 1 aromatic carbocycles. The van der Waals surface area contributed by atoms with Crippen LogP contribution in [-0.4, -0.2) is 44.1 Å². The molecule has 1 amide bonds. The van der Waals surface area contributed by atoms with Crippen LogP contribution in [0.25, 0.3) is 0 Å². The lowest BCUT2D eigenvalue weighted by atomic mass is 9.96. The fourth-order valence-electron chi connectivity index (χ4n) is 2.70. The molecule has 1 atom stereocenters. The molecule has 1 heterocycles. The molecule has 0 aliphatic carbocycles. The minimum absolute atomic E-state index is 0.241. The summed E-state index contributed by atoms with van der Waals surface area (Å²) in [5.74, 6) is 1.34. The minimum atomic E-state index is 0.241. The Morgan fingerprint density at radius 1 is 1.43 bits per heavy atom. The van der Waals surface area contributed by atoms with Gasteiger partial charge in [0.25, 0.3) is 0 Å². The van der Waals surface area contributed by atoms with Gasteiger partial charge < -0.3 is 15.0 Å². The zero-order valence-electron chi connectivity index (χ0n) is 12.7. The third-order valence-corrected chi connectivity index (χ3v) is 4.04. The maximum Gasteiger partial charge on any atom is 0.222 e. The molecule has 1 aliphatic heterocycles. The summed E-state index contributed by atoms with van der Waals surface area (Å²) in [6, 6.07) is 5.62. The smallest absolute Gasteiger partial charge is 0.222 e. The number of halogens is 1. The molecule has 2 rings (SSSR count). The van der Waals surface area contributed by atoms with Gasteiger partial charge in [0.05, 0.1) is 7.11 Å². The predicted molar refractivity (Wildman–Crippen MR) is 84.9 cm³/mol. The Bertz CT molecular complexity index is 487. The molecule has 4 nitrogen and oxygen atoms in total. The third-order valence-electron chi connectivity index (χ3n) is 3.80. The van der Waals surface area contributed by atoms with E-state index in [1.807, 2.05) is 23.1 Å². The van der Waals surface area contributed by atoms with E-state index < -0.39 is 0 Å². The van der Waals surface area contributed by atoms with Crippen molar-refractivity contribution in [1.29, 1.82) is 0 Å². The van der Waals surface area contributed by atoms with Gasteiger partial charge in [0.2, 0.25) is 5.91 Å². The van der Waals surface area contributed by atoms with Gasteiger partial charge in [-0.2, -0.15) is 0 Å². The second-order valence-electron chi connectivity index (χ2n) is 5.60. The van der Waals surface area contributed by atoms with Crippen LogP contribution in [0.15, 0.2) is 18.2 Å². The van der Waals surface area contributed by atoms with Gasteiger partial charge in [-0.05, 0) is 36.1 Å². The maximum absolute atomic E-state index is 12.3. The average molecular weight is 311 g/mol. The van der Waals surface area contributed by atoms with Crippen LogP contribution < -0.4 is 10.1 Å². The van der Waals surface area contributed by atoms with Crippen LogP contribution in [-0.2, 0) is 11.2 Å². The van der Waals surface area contributed by atoms with Crippen LogP contribution in [0.2, 0.25) is 5.02 Å². The van der Waals surface area contributed by atoms with Crippen molar-refractivity contribution in [2.45, 2.75) is 19.8 Å². The molecule has 0 spiro atoms. The summed E-state index contributed by atoms with van der Waals surface area (Å²) >= 11 is 6.05. The van der Waals surface area contributed by atoms with Crippen LogP contribution in [0.1, 0.15) is 18.9 Å². The number of carbonyl (C=O) groups is 1. The number of piperazine rings is 1. The summed E-state index contributed by atoms with van der Waals surface area (Å²) in [4.78, 5) is 14.2. The number of nitrogens with zero attached hydrogens (tertiary/aromatic N) is 1. The van der Waals surface area contributed by atoms with E-state index in [4.69, 9.17) is 16.3 Å². The molecule has 1 aromatic rings. The molecule has 0 radical (unpaired) electrons. The van der Waals surface area contributed by atoms with E-state index in [0.29, 0.717) is 11.4 Å². The number of methoxy groups -OCH3 is 1. The van der Waals surface area contributed by atoms with Crippen LogP contribution >= 0.6 is 11.6 Å². The summed E-state index contributed by atoms with van der Waals surface area (Å²) < 4.78 is 5.36. The number of rotatable bonds is 5. The largest absolute Gasteiger partial charge is 0.496 e. The molecule has 1 fully saturated rings. The van der Waals surface area contributed by atoms with Crippen molar-refractivity contribution in [3.8, 4) is 5.75 Å². The lowest BCUT2D eigenvalue weighted by Crippen LogP contribution is -2.46. The fourth-order valence-corrected chi connectivity index (χ4v) is 2.89. The Balaban J connectivity index is 1.93. The number of benzene rings is 1. The van der Waals surface area contributed by atoms with E-state index >= 15 is 0 Å². The van der Waals surface area contributed by atoms with Crippen molar-refractivity contribution in [2.75, 3.05) is 33.3 Å². The Morgan fingerprint density at radius 2 is 2.14 bits per heavy atom. The highest BCUT2D eigenvalue weighted by atomic mass is 35.5. The SMILES string of the molecule is COc1ccc(Cl)cc1CC(C)CC(=O)N1CCNCC1. The van der Waals surface area contributed by atoms with Crippen molar-refractivity contribution < 1.29 is 9.53 Å². The van der Waals surface area contributed by atoms with Crippen LogP contribution in [0.3, 0.4) is 0 Å². The Morgan fingerprint density at radius 3 is 2.81 bits per heavy atom. The molecule has 21 heavy (non-hydrogen) atoms. The lowest BCUT2D eigenvalue weighted by molar-refractivity contribution is -0.132. The minimum Gasteiger partial charge on any atom is -0.496 e. The first-order chi connectivity index (χ1) is 10.1. The summed E-state index contributed by atoms with van der Waals surface area (Å²) in [6.07, 6.45) is 1.36. The summed E-state index contributed by atoms with van der Waals surface area (Å²) in [5.41, 5.74) is 1.06. The van der Waals surface area contributed by atoms with E-state index in [1.165, 1.54) is 0 Å². The molecule has 0 bridgehead atoms. The average Bonchev–Trinajstić information content (AvgIpc) is 2.48. The van der Waals surface area contributed by atoms with Gasteiger partial charge >= 0.3 is 0 Å². The van der Waals surface area contributed by atoms with E-state index in [1.54, 1.807) is 7.11 Å². The molecule has 1 saturated heterocycles. The van der Waals surface area contributed by atoms with Gasteiger partial charge in [0.1, 0.15) is 5.75 Å². The van der Waals surface area contributed by atoms with Crippen molar-refractivity contribution in [1.82, 2.24) is 10.2 Å². The zero-order valence-corrected chi connectivity index (χ0v) is 13.4. The van der Waals surface area contributed by atoms with Crippen LogP contribution in [0, 0.1) is 5.92 Å². The van der Waals surface area contributed by atoms with Gasteiger partial charge in [-0.1, -0.05) is 18.5 Å². The zero-order chi connectivity index (χ0) is 15.2. The highest BCUT2D eigenvalue weighted by Gasteiger charge is 2.19. The number of nitrogens with one attached hydrogen (secondary N) is 1. The highest BCUT2D eigenvalue weighted by molar-refractivity contribution is 6.30. The number of hydrogen-bond donors (Lipinski definition) is 1. The molecule has 1 aliphatic rings. The number of carbonyl (C=O) groups excluding carboxylic acids is 1. The molecular weight excluding hydrogens is 288 g/mol. The van der Waals surface area contributed by atoms with Crippen molar-refractivity contribution in [3.05, 3.63) is 28.8 Å². The van der Waals surface area contributed by atoms with E-state index in [-0.39, 0.29) is 11.8 Å². The number of ether oxygens (including phenoxy) is 1. The first kappa shape index (κ1) is 16.1. The third kappa shape index (κ3) is 4.61. The highest BCUT2D eigenvalue weighted by Crippen LogP contribution is 2.26. The first-order valence-electron chi connectivity index (χ1n) is 7.41. The summed E-state index contributed by atoms with van der Waals surface area (Å²) in [6.45, 7) is 5.50. The molecule has 116 valence electrons. The maximum atomic E-state index is 12.3. The lowest BCUT2D eigenvalue weighted by Gasteiger charge is -2.28. The summed E-state index contributed by atoms with van der Waals surface area (Å²) in [7, 11) is 1.66. The number of amides is 1. The molecule has 0 aromatic heterocycles. The van der Waals surface area contributed by atoms with Crippen molar-refractivity contribution in [2.24, 2.45) is 5.92 Å². The molecule has 1 N–H and O–H groups in total. The Labute approximate surface area is 131 Å². The van der Waals surface area contributed by atoms with E-state index in [9.17, 15) is 4.79 Å². The molecule has 1 unspecified atom stereocenters. The fraction of sp³-hybridized carbons (Fsp3) is 0.562. The second-order valence-corrected chi connectivity index (χ2v) is 6.04. The van der Waals surface area contributed by atoms with Crippen molar-refractivity contribution in [3.63, 3.8) is 0 Å². The van der Waals surface area contributed by atoms with Crippen LogP contribution in [0.5, 0.6) is 5.75 Å². The van der Waals surface area contributed by atoms with E-state index in [0.717, 1.165) is 43.9 Å². The van der Waals surface area contributed by atoms with Crippen molar-refractivity contribution >= 4 is 17.5 Å². The Kier molecular flexibility index (Phi) is 5.88. The normalized spacial score (nSPS) is 16.6. The van der Waals surface area contributed by atoms with Gasteiger partial charge in [-0.3, -0.25) is 4.79 Å². The van der Waals surface area contributed by atoms with Gasteiger partial charge in [-0.25, -0.2) is 0 Å². The van der Waals surface area contributed by atoms with Gasteiger partial charge in [0, 0.05) is 37.6 Å². The first-order valence-corrected chi connectivity index (χ1v) is 7.79. The van der Waals surface area contributed by atoms with Gasteiger partial charge in [-0.15, -0.1) is 0 Å². The topological polar surface area (TPSA) is 41.6 Å².